The van der Waals surface area contributed by atoms with E-state index >= 15 is 0 Å². The zero-order valence-electron chi connectivity index (χ0n) is 11.4. The maximum Gasteiger partial charge on any atom is 0.284 e. The molecule has 0 N–H and O–H groups in total. The average Bonchev–Trinajstić information content (AvgIpc) is 2.49. The van der Waals surface area contributed by atoms with Crippen molar-refractivity contribution in [1.29, 1.82) is 0 Å². The van der Waals surface area contributed by atoms with Crippen molar-refractivity contribution >= 4 is 11.6 Å². The Balaban J connectivity index is 2.85. The fourth-order valence-electron chi connectivity index (χ4n) is 1.64. The van der Waals surface area contributed by atoms with Crippen LogP contribution >= 0.6 is 0 Å². The number of ether oxygens (including phenoxy) is 2. The van der Waals surface area contributed by atoms with Crippen LogP contribution in [-0.2, 0) is 14.3 Å². The van der Waals surface area contributed by atoms with Gasteiger partial charge in [-0.1, -0.05) is 30.0 Å². The van der Waals surface area contributed by atoms with Crippen LogP contribution in [0.4, 0.5) is 5.69 Å². The highest BCUT2D eigenvalue weighted by Crippen LogP contribution is 2.15. The van der Waals surface area contributed by atoms with E-state index < -0.39 is 6.29 Å². The number of terminal acetylenes is 2. The average molecular weight is 271 g/mol. The molecule has 0 aliphatic heterocycles. The minimum Gasteiger partial charge on any atom is -0.331 e. The second kappa shape index (κ2) is 8.77. The van der Waals surface area contributed by atoms with Gasteiger partial charge in [-0.15, -0.1) is 12.8 Å². The van der Waals surface area contributed by atoms with Crippen molar-refractivity contribution in [2.75, 3.05) is 24.7 Å². The van der Waals surface area contributed by atoms with E-state index in [0.717, 1.165) is 5.69 Å². The summed E-state index contributed by atoms with van der Waals surface area (Å²) in [6.07, 6.45) is 9.16. The summed E-state index contributed by atoms with van der Waals surface area (Å²) in [6, 6.07) is 9.25. The Bertz CT molecular complexity index is 481. The van der Waals surface area contributed by atoms with E-state index in [1.165, 1.54) is 0 Å². The summed E-state index contributed by atoms with van der Waals surface area (Å²) in [5, 5.41) is 0. The lowest BCUT2D eigenvalue weighted by molar-refractivity contribution is -0.162. The van der Waals surface area contributed by atoms with Gasteiger partial charge in [0.05, 0.1) is 0 Å². The molecule has 0 radical (unpaired) electrons. The molecule has 1 rings (SSSR count). The molecule has 0 aliphatic rings. The van der Waals surface area contributed by atoms with Gasteiger partial charge in [-0.2, -0.15) is 0 Å². The monoisotopic (exact) mass is 271 g/mol. The third-order valence-corrected chi connectivity index (χ3v) is 2.49. The number of anilines is 1. The van der Waals surface area contributed by atoms with Gasteiger partial charge >= 0.3 is 0 Å². The molecule has 0 saturated carbocycles. The van der Waals surface area contributed by atoms with E-state index in [2.05, 4.69) is 11.8 Å². The van der Waals surface area contributed by atoms with Crippen molar-refractivity contribution in [1.82, 2.24) is 0 Å². The molecule has 0 fully saturated rings. The molecule has 104 valence electrons. The summed E-state index contributed by atoms with van der Waals surface area (Å²) in [7, 11) is 0. The second-order valence-electron chi connectivity index (χ2n) is 3.78. The fraction of sp³-hybridized carbons (Fsp3) is 0.312. The van der Waals surface area contributed by atoms with Gasteiger partial charge in [0, 0.05) is 12.2 Å². The van der Waals surface area contributed by atoms with Crippen molar-refractivity contribution in [3.05, 3.63) is 30.3 Å². The molecular formula is C16H17NO3. The number of para-hydroxylation sites is 1. The molecule has 1 aromatic carbocycles. The molecule has 4 heteroatoms. The van der Waals surface area contributed by atoms with Gasteiger partial charge in [0.15, 0.2) is 0 Å². The van der Waals surface area contributed by atoms with Gasteiger partial charge in [0.25, 0.3) is 5.91 Å². The number of benzene rings is 1. The zero-order chi connectivity index (χ0) is 14.8. The first-order valence-corrected chi connectivity index (χ1v) is 6.21. The third-order valence-electron chi connectivity index (χ3n) is 2.49. The number of likely N-dealkylation sites (N-methyl/N-ethyl adjacent to an activating group) is 1. The van der Waals surface area contributed by atoms with E-state index in [-0.39, 0.29) is 19.1 Å². The highest BCUT2D eigenvalue weighted by molar-refractivity contribution is 5.95. The van der Waals surface area contributed by atoms with Crippen LogP contribution in [0.15, 0.2) is 30.3 Å². The summed E-state index contributed by atoms with van der Waals surface area (Å²) >= 11 is 0. The Morgan fingerprint density at radius 2 is 1.75 bits per heavy atom. The number of hydrogen-bond donors (Lipinski definition) is 0. The van der Waals surface area contributed by atoms with Crippen LogP contribution in [0.1, 0.15) is 6.92 Å². The quantitative estimate of drug-likeness (QED) is 0.559. The van der Waals surface area contributed by atoms with Crippen molar-refractivity contribution < 1.29 is 14.3 Å². The smallest absolute Gasteiger partial charge is 0.284 e. The molecule has 0 bridgehead atoms. The van der Waals surface area contributed by atoms with Crippen LogP contribution < -0.4 is 4.90 Å². The number of hydrogen-bond acceptors (Lipinski definition) is 3. The third kappa shape index (κ3) is 4.44. The molecule has 0 heterocycles. The topological polar surface area (TPSA) is 38.8 Å². The normalized spacial score (nSPS) is 9.80. The highest BCUT2D eigenvalue weighted by atomic mass is 16.7. The van der Waals surface area contributed by atoms with E-state index in [1.807, 2.05) is 37.3 Å². The number of amides is 1. The highest BCUT2D eigenvalue weighted by Gasteiger charge is 2.25. The van der Waals surface area contributed by atoms with Gasteiger partial charge in [0.1, 0.15) is 13.2 Å². The summed E-state index contributed by atoms with van der Waals surface area (Å²) in [6.45, 7) is 2.31. The van der Waals surface area contributed by atoms with Crippen molar-refractivity contribution in [3.8, 4) is 24.7 Å². The zero-order valence-corrected chi connectivity index (χ0v) is 11.4. The second-order valence-corrected chi connectivity index (χ2v) is 3.78. The Kier molecular flexibility index (Phi) is 6.92. The van der Waals surface area contributed by atoms with Gasteiger partial charge in [-0.25, -0.2) is 0 Å². The Morgan fingerprint density at radius 3 is 2.20 bits per heavy atom. The molecule has 0 saturated heterocycles. The van der Waals surface area contributed by atoms with E-state index in [9.17, 15) is 4.79 Å². The number of carbonyl (C=O) groups excluding carboxylic acids is 1. The SMILES string of the molecule is C#CCOC(OCC#C)C(=O)N(CC)c1ccccc1. The molecule has 4 nitrogen and oxygen atoms in total. The van der Waals surface area contributed by atoms with Crippen LogP contribution in [0.3, 0.4) is 0 Å². The maximum atomic E-state index is 12.4. The van der Waals surface area contributed by atoms with Gasteiger partial charge < -0.3 is 14.4 Å². The molecule has 1 aromatic rings. The first kappa shape index (κ1) is 15.8. The number of nitrogens with zero attached hydrogens (tertiary/aromatic N) is 1. The fourth-order valence-corrected chi connectivity index (χ4v) is 1.64. The van der Waals surface area contributed by atoms with Crippen LogP contribution in [0.5, 0.6) is 0 Å². The van der Waals surface area contributed by atoms with Crippen LogP contribution in [0.2, 0.25) is 0 Å². The largest absolute Gasteiger partial charge is 0.331 e. The van der Waals surface area contributed by atoms with Crippen LogP contribution in [-0.4, -0.2) is 32.0 Å². The lowest BCUT2D eigenvalue weighted by atomic mass is 10.3. The Hall–Kier alpha value is -2.27. The predicted molar refractivity (Wildman–Crippen MR) is 77.8 cm³/mol. The van der Waals surface area contributed by atoms with Crippen molar-refractivity contribution in [2.24, 2.45) is 0 Å². The molecule has 0 aliphatic carbocycles. The number of carbonyl (C=O) groups is 1. The molecule has 1 amide bonds. The predicted octanol–water partition coefficient (Wildman–Crippen LogP) is 1.67. The summed E-state index contributed by atoms with van der Waals surface area (Å²) in [5.41, 5.74) is 0.763. The van der Waals surface area contributed by atoms with Crippen molar-refractivity contribution in [3.63, 3.8) is 0 Å². The summed E-state index contributed by atoms with van der Waals surface area (Å²) in [5.74, 6) is 4.27. The van der Waals surface area contributed by atoms with E-state index in [0.29, 0.717) is 6.54 Å². The number of rotatable bonds is 7. The molecule has 0 atom stereocenters. The minimum atomic E-state index is -1.10. The van der Waals surface area contributed by atoms with Gasteiger partial charge in [-0.05, 0) is 19.1 Å². The minimum absolute atomic E-state index is 0.0205. The molecule has 20 heavy (non-hydrogen) atoms. The lowest BCUT2D eigenvalue weighted by Crippen LogP contribution is -2.42. The van der Waals surface area contributed by atoms with Gasteiger partial charge in [0.2, 0.25) is 6.29 Å². The molecular weight excluding hydrogens is 254 g/mol. The standard InChI is InChI=1S/C16H17NO3/c1-4-12-19-16(20-13-5-2)15(18)17(6-3)14-10-8-7-9-11-14/h1-2,7-11,16H,6,12-13H2,3H3. The summed E-state index contributed by atoms with van der Waals surface area (Å²) < 4.78 is 10.4. The molecule has 0 unspecified atom stereocenters. The lowest BCUT2D eigenvalue weighted by Gasteiger charge is -2.25. The van der Waals surface area contributed by atoms with Crippen molar-refractivity contribution in [2.45, 2.75) is 13.2 Å². The van der Waals surface area contributed by atoms with Crippen LogP contribution in [0, 0.1) is 24.7 Å². The van der Waals surface area contributed by atoms with Gasteiger partial charge in [-0.3, -0.25) is 4.79 Å². The maximum absolute atomic E-state index is 12.4. The van der Waals surface area contributed by atoms with E-state index in [1.54, 1.807) is 4.90 Å². The summed E-state index contributed by atoms with van der Waals surface area (Å²) in [4.78, 5) is 14.0. The molecule has 0 spiro atoms. The first-order valence-electron chi connectivity index (χ1n) is 6.21. The first-order chi connectivity index (χ1) is 9.74. The Morgan fingerprint density at radius 1 is 1.20 bits per heavy atom. The van der Waals surface area contributed by atoms with E-state index in [4.69, 9.17) is 22.3 Å². The molecule has 0 aromatic heterocycles. The Labute approximate surface area is 119 Å². The van der Waals surface area contributed by atoms with Crippen LogP contribution in [0.25, 0.3) is 0 Å².